The minimum Gasteiger partial charge on any atom is -0.399 e. The molecule has 0 radical (unpaired) electrons. The van der Waals surface area contributed by atoms with Crippen molar-refractivity contribution in [2.75, 3.05) is 16.8 Å². The molecule has 5 heteroatoms. The Hall–Kier alpha value is -1.36. The van der Waals surface area contributed by atoms with Gasteiger partial charge in [-0.05, 0) is 36.8 Å². The number of thioether (sulfide) groups is 1. The monoisotopic (exact) mass is 279 g/mol. The first-order valence-electron chi connectivity index (χ1n) is 6.69. The number of anilines is 2. The van der Waals surface area contributed by atoms with Gasteiger partial charge in [0.1, 0.15) is 0 Å². The lowest BCUT2D eigenvalue weighted by atomic mass is 10.1. The second-order valence-corrected chi connectivity index (χ2v) is 6.36. The van der Waals surface area contributed by atoms with Crippen molar-refractivity contribution in [3.63, 3.8) is 0 Å². The van der Waals surface area contributed by atoms with E-state index in [9.17, 15) is 4.79 Å². The Morgan fingerprint density at radius 1 is 1.47 bits per heavy atom. The van der Waals surface area contributed by atoms with Crippen LogP contribution in [0.15, 0.2) is 18.2 Å². The lowest BCUT2D eigenvalue weighted by molar-refractivity contribution is 0.100. The molecule has 2 atom stereocenters. The maximum Gasteiger partial charge on any atom is 0.250 e. The lowest BCUT2D eigenvalue weighted by Crippen LogP contribution is -2.27. The van der Waals surface area contributed by atoms with E-state index >= 15 is 0 Å². The molecule has 1 amide bonds. The molecule has 1 aromatic carbocycles. The van der Waals surface area contributed by atoms with Gasteiger partial charge in [0, 0.05) is 22.7 Å². The van der Waals surface area contributed by atoms with Crippen molar-refractivity contribution >= 4 is 29.0 Å². The number of nitrogens with two attached hydrogens (primary N) is 2. The van der Waals surface area contributed by atoms with Crippen LogP contribution < -0.4 is 16.8 Å². The van der Waals surface area contributed by atoms with Crippen LogP contribution >= 0.6 is 11.8 Å². The van der Waals surface area contributed by atoms with E-state index in [0.717, 1.165) is 17.9 Å². The van der Waals surface area contributed by atoms with Crippen LogP contribution in [0.2, 0.25) is 0 Å². The minimum absolute atomic E-state index is 0.409. The smallest absolute Gasteiger partial charge is 0.250 e. The van der Waals surface area contributed by atoms with Crippen LogP contribution in [0.5, 0.6) is 0 Å². The van der Waals surface area contributed by atoms with Gasteiger partial charge in [-0.25, -0.2) is 0 Å². The second kappa shape index (κ2) is 6.19. The van der Waals surface area contributed by atoms with Crippen molar-refractivity contribution in [2.24, 2.45) is 5.73 Å². The predicted octanol–water partition coefficient (Wildman–Crippen LogP) is 2.45. The first-order valence-corrected chi connectivity index (χ1v) is 7.74. The highest BCUT2D eigenvalue weighted by atomic mass is 32.2. The summed E-state index contributed by atoms with van der Waals surface area (Å²) in [5, 5.41) is 4.09. The molecule has 1 fully saturated rings. The first-order chi connectivity index (χ1) is 9.11. The summed E-state index contributed by atoms with van der Waals surface area (Å²) in [5.41, 5.74) is 13.0. The van der Waals surface area contributed by atoms with Gasteiger partial charge in [-0.3, -0.25) is 4.79 Å². The summed E-state index contributed by atoms with van der Waals surface area (Å²) in [4.78, 5) is 11.5. The van der Waals surface area contributed by atoms with Crippen LogP contribution in [0.4, 0.5) is 11.4 Å². The Kier molecular flexibility index (Phi) is 4.58. The van der Waals surface area contributed by atoms with Crippen LogP contribution in [0.1, 0.15) is 36.5 Å². The van der Waals surface area contributed by atoms with Crippen molar-refractivity contribution in [1.82, 2.24) is 0 Å². The second-order valence-electron chi connectivity index (χ2n) is 4.84. The number of hydrogen-bond donors (Lipinski definition) is 3. The molecule has 4 nitrogen and oxygen atoms in total. The standard InChI is InChI=1S/C14H21N3OS/c1-2-19-13-5-3-4-12(13)17-11-7-6-9(15)8-10(11)14(16)18/h6-8,12-13,17H,2-5,15H2,1H3,(H2,16,18). The molecule has 1 saturated carbocycles. The van der Waals surface area contributed by atoms with Gasteiger partial charge in [-0.2, -0.15) is 11.8 Å². The Morgan fingerprint density at radius 3 is 2.95 bits per heavy atom. The van der Waals surface area contributed by atoms with Crippen LogP contribution in [0, 0.1) is 0 Å². The molecule has 1 aromatic rings. The number of hydrogen-bond acceptors (Lipinski definition) is 4. The highest BCUT2D eigenvalue weighted by Crippen LogP contribution is 2.33. The number of amides is 1. The van der Waals surface area contributed by atoms with Crippen molar-refractivity contribution in [3.05, 3.63) is 23.8 Å². The Labute approximate surface area is 118 Å². The van der Waals surface area contributed by atoms with Crippen molar-refractivity contribution in [1.29, 1.82) is 0 Å². The summed E-state index contributed by atoms with van der Waals surface area (Å²) < 4.78 is 0. The third kappa shape index (κ3) is 3.35. The molecule has 0 aromatic heterocycles. The number of primary amides is 1. The molecular formula is C14H21N3OS. The number of carbonyl (C=O) groups is 1. The molecule has 2 rings (SSSR count). The Balaban J connectivity index is 2.16. The van der Waals surface area contributed by atoms with Crippen molar-refractivity contribution in [2.45, 2.75) is 37.5 Å². The molecule has 2 unspecified atom stereocenters. The van der Waals surface area contributed by atoms with Gasteiger partial charge in [0.15, 0.2) is 0 Å². The fourth-order valence-corrected chi connectivity index (χ4v) is 3.79. The van der Waals surface area contributed by atoms with Gasteiger partial charge < -0.3 is 16.8 Å². The zero-order valence-corrected chi connectivity index (χ0v) is 12.0. The lowest BCUT2D eigenvalue weighted by Gasteiger charge is -2.22. The maximum atomic E-state index is 11.5. The highest BCUT2D eigenvalue weighted by Gasteiger charge is 2.27. The van der Waals surface area contributed by atoms with E-state index in [-0.39, 0.29) is 0 Å². The molecule has 0 bridgehead atoms. The Morgan fingerprint density at radius 2 is 2.26 bits per heavy atom. The normalized spacial score (nSPS) is 22.4. The first kappa shape index (κ1) is 14.1. The quantitative estimate of drug-likeness (QED) is 0.723. The summed E-state index contributed by atoms with van der Waals surface area (Å²) in [6.07, 6.45) is 3.60. The maximum absolute atomic E-state index is 11.5. The topological polar surface area (TPSA) is 81.1 Å². The van der Waals surface area contributed by atoms with Crippen LogP contribution in [0.25, 0.3) is 0 Å². The highest BCUT2D eigenvalue weighted by molar-refractivity contribution is 7.99. The summed E-state index contributed by atoms with van der Waals surface area (Å²) in [7, 11) is 0. The summed E-state index contributed by atoms with van der Waals surface area (Å²) in [6, 6.07) is 5.70. The van der Waals surface area contributed by atoms with E-state index in [0.29, 0.717) is 22.5 Å². The molecule has 5 N–H and O–H groups in total. The third-order valence-electron chi connectivity index (χ3n) is 3.48. The molecule has 104 valence electrons. The molecule has 0 aliphatic heterocycles. The molecule has 1 aliphatic rings. The predicted molar refractivity (Wildman–Crippen MR) is 82.6 cm³/mol. The van der Waals surface area contributed by atoms with Gasteiger partial charge >= 0.3 is 0 Å². The van der Waals surface area contributed by atoms with E-state index in [1.165, 1.54) is 12.8 Å². The summed E-state index contributed by atoms with van der Waals surface area (Å²) >= 11 is 1.98. The van der Waals surface area contributed by atoms with E-state index in [1.54, 1.807) is 12.1 Å². The SMILES string of the molecule is CCSC1CCCC1Nc1ccc(N)cc1C(N)=O. The molecular weight excluding hydrogens is 258 g/mol. The fraction of sp³-hybridized carbons (Fsp3) is 0.500. The molecule has 0 saturated heterocycles. The number of carbonyl (C=O) groups excluding carboxylic acids is 1. The van der Waals surface area contributed by atoms with Gasteiger partial charge in [0.05, 0.1) is 5.56 Å². The van der Waals surface area contributed by atoms with E-state index in [4.69, 9.17) is 11.5 Å². The zero-order chi connectivity index (χ0) is 13.8. The van der Waals surface area contributed by atoms with E-state index in [1.807, 2.05) is 17.8 Å². The van der Waals surface area contributed by atoms with Gasteiger partial charge in [0.2, 0.25) is 0 Å². The Bertz CT molecular complexity index is 464. The number of benzene rings is 1. The van der Waals surface area contributed by atoms with E-state index < -0.39 is 5.91 Å². The largest absolute Gasteiger partial charge is 0.399 e. The summed E-state index contributed by atoms with van der Waals surface area (Å²) in [6.45, 7) is 2.18. The van der Waals surface area contributed by atoms with Gasteiger partial charge in [0.25, 0.3) is 5.91 Å². The molecule has 1 aliphatic carbocycles. The number of nitrogen functional groups attached to an aromatic ring is 1. The zero-order valence-electron chi connectivity index (χ0n) is 11.2. The average Bonchev–Trinajstić information content (AvgIpc) is 2.79. The van der Waals surface area contributed by atoms with Gasteiger partial charge in [-0.15, -0.1) is 0 Å². The molecule has 19 heavy (non-hydrogen) atoms. The van der Waals surface area contributed by atoms with Crippen molar-refractivity contribution in [3.8, 4) is 0 Å². The van der Waals surface area contributed by atoms with Crippen LogP contribution in [-0.4, -0.2) is 23.0 Å². The molecule has 0 heterocycles. The minimum atomic E-state index is -0.438. The van der Waals surface area contributed by atoms with Crippen molar-refractivity contribution < 1.29 is 4.79 Å². The number of nitrogens with one attached hydrogen (secondary N) is 1. The summed E-state index contributed by atoms with van der Waals surface area (Å²) in [5.74, 6) is 0.681. The van der Waals surface area contributed by atoms with E-state index in [2.05, 4.69) is 12.2 Å². The molecule has 0 spiro atoms. The average molecular weight is 279 g/mol. The van der Waals surface area contributed by atoms with Crippen LogP contribution in [-0.2, 0) is 0 Å². The van der Waals surface area contributed by atoms with Crippen LogP contribution in [0.3, 0.4) is 0 Å². The van der Waals surface area contributed by atoms with Gasteiger partial charge in [-0.1, -0.05) is 13.3 Å². The fourth-order valence-electron chi connectivity index (χ4n) is 2.60. The third-order valence-corrected chi connectivity index (χ3v) is 4.81. The number of rotatable bonds is 5.